The van der Waals surface area contributed by atoms with Gasteiger partial charge < -0.3 is 26.0 Å². The first-order chi connectivity index (χ1) is 12.0. The van der Waals surface area contributed by atoms with Gasteiger partial charge in [0.15, 0.2) is 11.5 Å². The second-order valence-corrected chi connectivity index (χ2v) is 6.77. The predicted octanol–water partition coefficient (Wildman–Crippen LogP) is 1.32. The van der Waals surface area contributed by atoms with Crippen LogP contribution in [0.1, 0.15) is 56.8 Å². The number of carbonyl (C=O) groups is 1. The zero-order valence-electron chi connectivity index (χ0n) is 15.4. The van der Waals surface area contributed by atoms with Gasteiger partial charge in [0, 0.05) is 12.1 Å². The van der Waals surface area contributed by atoms with E-state index in [-0.39, 0.29) is 34.9 Å². The van der Waals surface area contributed by atoms with Crippen LogP contribution in [0.5, 0.6) is 17.2 Å². The fourth-order valence-corrected chi connectivity index (χ4v) is 3.42. The van der Waals surface area contributed by atoms with Crippen LogP contribution >= 0.6 is 0 Å². The highest BCUT2D eigenvalue weighted by Gasteiger charge is 2.28. The first kappa shape index (κ1) is 19.5. The fourth-order valence-electron chi connectivity index (χ4n) is 3.42. The molecule has 1 aromatic carbocycles. The maximum Gasteiger partial charge on any atom is 0.259 e. The number of H-pyrrole nitrogens is 1. The van der Waals surface area contributed by atoms with E-state index in [4.69, 9.17) is 5.73 Å². The van der Waals surface area contributed by atoms with Crippen molar-refractivity contribution >= 4 is 16.8 Å². The summed E-state index contributed by atoms with van der Waals surface area (Å²) in [5, 5.41) is 29.5. The number of benzene rings is 1. The highest BCUT2D eigenvalue weighted by atomic mass is 16.3. The third kappa shape index (κ3) is 3.05. The van der Waals surface area contributed by atoms with E-state index in [1.807, 2.05) is 34.6 Å². The van der Waals surface area contributed by atoms with Crippen LogP contribution in [-0.4, -0.2) is 48.2 Å². The van der Waals surface area contributed by atoms with Crippen molar-refractivity contribution in [3.8, 4) is 17.2 Å². The number of phenolic OH excluding ortho intramolecular Hbond substituents is 2. The molecule has 26 heavy (non-hydrogen) atoms. The van der Waals surface area contributed by atoms with Crippen molar-refractivity contribution in [3.63, 3.8) is 0 Å². The molecule has 0 saturated carbocycles. The molecular formula is C17H24N4O5. The molecule has 1 heterocycles. The number of aromatic amines is 1. The molecule has 142 valence electrons. The molecule has 1 amide bonds. The van der Waals surface area contributed by atoms with Crippen molar-refractivity contribution in [2.24, 2.45) is 5.73 Å². The number of carbonyl (C=O) groups excluding carboxylic acids is 1. The number of primary amides is 1. The molecule has 1 atom stereocenters. The standard InChI is InChI=1S/C17H24N4O5/c1-6(2)21(7(3)4)8(5)16-19-11-9(17(26)20-16)10(15(18)25)12(22)14(24)13(11)23/h6-8,22-24H,1-5H3,(H2,18,25)(H,19,20,26). The summed E-state index contributed by atoms with van der Waals surface area (Å²) in [6, 6.07) is -0.0255. The van der Waals surface area contributed by atoms with Crippen molar-refractivity contribution in [3.05, 3.63) is 21.7 Å². The zero-order chi connectivity index (χ0) is 19.9. The van der Waals surface area contributed by atoms with Gasteiger partial charge >= 0.3 is 0 Å². The number of aromatic nitrogens is 2. The van der Waals surface area contributed by atoms with Crippen LogP contribution < -0.4 is 11.3 Å². The Bertz CT molecular complexity index is 912. The minimum absolute atomic E-state index is 0.147. The van der Waals surface area contributed by atoms with E-state index < -0.39 is 34.3 Å². The second kappa shape index (κ2) is 6.83. The normalized spacial score (nSPS) is 13.1. The average Bonchev–Trinajstić information content (AvgIpc) is 2.52. The molecule has 6 N–H and O–H groups in total. The van der Waals surface area contributed by atoms with E-state index in [2.05, 4.69) is 14.9 Å². The summed E-state index contributed by atoms with van der Waals surface area (Å²) in [6.45, 7) is 9.85. The van der Waals surface area contributed by atoms with E-state index >= 15 is 0 Å². The fraction of sp³-hybridized carbons (Fsp3) is 0.471. The summed E-state index contributed by atoms with van der Waals surface area (Å²) in [5.41, 5.74) is 3.58. The van der Waals surface area contributed by atoms with E-state index in [0.29, 0.717) is 0 Å². The smallest absolute Gasteiger partial charge is 0.259 e. The maximum absolute atomic E-state index is 12.6. The predicted molar refractivity (Wildman–Crippen MR) is 96.4 cm³/mol. The van der Waals surface area contributed by atoms with Crippen LogP contribution in [0.25, 0.3) is 10.9 Å². The van der Waals surface area contributed by atoms with Gasteiger partial charge in [0.1, 0.15) is 11.3 Å². The Morgan fingerprint density at radius 3 is 2.04 bits per heavy atom. The number of fused-ring (bicyclic) bond motifs is 1. The molecule has 0 aliphatic heterocycles. The van der Waals surface area contributed by atoms with Gasteiger partial charge in [0.25, 0.3) is 11.5 Å². The van der Waals surface area contributed by atoms with Crippen molar-refractivity contribution < 1.29 is 20.1 Å². The molecule has 0 saturated heterocycles. The van der Waals surface area contributed by atoms with E-state index in [1.54, 1.807) is 0 Å². The summed E-state index contributed by atoms with van der Waals surface area (Å²) in [6.07, 6.45) is 0. The van der Waals surface area contributed by atoms with Crippen molar-refractivity contribution in [2.45, 2.75) is 52.7 Å². The molecule has 2 aromatic rings. The second-order valence-electron chi connectivity index (χ2n) is 6.77. The molecule has 1 aromatic heterocycles. The Morgan fingerprint density at radius 2 is 1.58 bits per heavy atom. The van der Waals surface area contributed by atoms with Gasteiger partial charge in [-0.15, -0.1) is 0 Å². The lowest BCUT2D eigenvalue weighted by molar-refractivity contribution is 0.0998. The summed E-state index contributed by atoms with van der Waals surface area (Å²) in [4.78, 5) is 33.1. The average molecular weight is 364 g/mol. The quantitative estimate of drug-likeness (QED) is 0.501. The van der Waals surface area contributed by atoms with E-state index in [9.17, 15) is 24.9 Å². The number of nitrogens with one attached hydrogen (secondary N) is 1. The Morgan fingerprint density at radius 1 is 1.04 bits per heavy atom. The Hall–Kier alpha value is -2.81. The summed E-state index contributed by atoms with van der Waals surface area (Å²) >= 11 is 0. The van der Waals surface area contributed by atoms with Gasteiger partial charge in [-0.1, -0.05) is 0 Å². The van der Waals surface area contributed by atoms with E-state index in [0.717, 1.165) is 0 Å². The lowest BCUT2D eigenvalue weighted by Crippen LogP contribution is -2.40. The lowest BCUT2D eigenvalue weighted by Gasteiger charge is -2.35. The zero-order valence-corrected chi connectivity index (χ0v) is 15.4. The van der Waals surface area contributed by atoms with Crippen LogP contribution in [0.3, 0.4) is 0 Å². The van der Waals surface area contributed by atoms with Gasteiger partial charge in [0.2, 0.25) is 5.75 Å². The molecule has 0 aliphatic carbocycles. The molecule has 0 radical (unpaired) electrons. The Balaban J connectivity index is 2.83. The molecular weight excluding hydrogens is 340 g/mol. The largest absolute Gasteiger partial charge is 0.504 e. The SMILES string of the molecule is CC(C)N(C(C)C)C(C)c1nc2c(O)c(O)c(O)c(C(N)=O)c2c(=O)[nH]1. The first-order valence-electron chi connectivity index (χ1n) is 8.26. The maximum atomic E-state index is 12.6. The molecule has 9 heteroatoms. The summed E-state index contributed by atoms with van der Waals surface area (Å²) in [5.74, 6) is -3.57. The monoisotopic (exact) mass is 364 g/mol. The minimum atomic E-state index is -1.12. The number of hydrogen-bond donors (Lipinski definition) is 5. The van der Waals surface area contributed by atoms with Crippen LogP contribution in [0, 0.1) is 0 Å². The first-order valence-corrected chi connectivity index (χ1v) is 8.26. The minimum Gasteiger partial charge on any atom is -0.504 e. The highest BCUT2D eigenvalue weighted by molar-refractivity contribution is 6.10. The molecule has 0 spiro atoms. The lowest BCUT2D eigenvalue weighted by atomic mass is 10.0. The summed E-state index contributed by atoms with van der Waals surface area (Å²) in [7, 11) is 0. The van der Waals surface area contributed by atoms with Gasteiger partial charge in [-0.3, -0.25) is 14.5 Å². The number of phenols is 3. The van der Waals surface area contributed by atoms with Crippen LogP contribution in [0.15, 0.2) is 4.79 Å². The molecule has 9 nitrogen and oxygen atoms in total. The third-order valence-electron chi connectivity index (χ3n) is 4.38. The van der Waals surface area contributed by atoms with Crippen LogP contribution in [0.2, 0.25) is 0 Å². The van der Waals surface area contributed by atoms with E-state index in [1.165, 1.54) is 0 Å². The molecule has 2 rings (SSSR count). The van der Waals surface area contributed by atoms with Crippen LogP contribution in [-0.2, 0) is 0 Å². The molecule has 0 aliphatic rings. The molecule has 0 fully saturated rings. The number of nitrogens with two attached hydrogens (primary N) is 1. The number of hydrogen-bond acceptors (Lipinski definition) is 7. The number of amides is 1. The van der Waals surface area contributed by atoms with Crippen LogP contribution in [0.4, 0.5) is 0 Å². The number of rotatable bonds is 5. The number of nitrogens with zero attached hydrogens (tertiary/aromatic N) is 2. The van der Waals surface area contributed by atoms with Gasteiger partial charge in [-0.05, 0) is 34.6 Å². The van der Waals surface area contributed by atoms with Crippen molar-refractivity contribution in [1.29, 1.82) is 0 Å². The topological polar surface area (TPSA) is 153 Å². The van der Waals surface area contributed by atoms with Crippen molar-refractivity contribution in [2.75, 3.05) is 0 Å². The van der Waals surface area contributed by atoms with Gasteiger partial charge in [-0.2, -0.15) is 0 Å². The molecule has 0 bridgehead atoms. The van der Waals surface area contributed by atoms with Gasteiger partial charge in [0.05, 0.1) is 17.0 Å². The summed E-state index contributed by atoms with van der Waals surface area (Å²) < 4.78 is 0. The van der Waals surface area contributed by atoms with Crippen molar-refractivity contribution in [1.82, 2.24) is 14.9 Å². The Kier molecular flexibility index (Phi) is 5.13. The number of aromatic hydroxyl groups is 3. The third-order valence-corrected chi connectivity index (χ3v) is 4.38. The Labute approximate surface area is 150 Å². The molecule has 1 unspecified atom stereocenters. The van der Waals surface area contributed by atoms with Gasteiger partial charge in [-0.25, -0.2) is 4.98 Å². The highest BCUT2D eigenvalue weighted by Crippen LogP contribution is 2.42.